The predicted octanol–water partition coefficient (Wildman–Crippen LogP) is 4.01. The Morgan fingerprint density at radius 3 is 1.08 bits per heavy atom. The van der Waals surface area contributed by atoms with Gasteiger partial charge in [-0.05, 0) is 0 Å². The molecule has 0 bridgehead atoms. The second-order valence-electron chi connectivity index (χ2n) is 6.86. The quantitative estimate of drug-likeness (QED) is 0.357. The summed E-state index contributed by atoms with van der Waals surface area (Å²) in [5, 5.41) is 0. The molecule has 0 radical (unpaired) electrons. The molecular formula is C16H40O6Si3. The predicted molar refractivity (Wildman–Crippen MR) is 109 cm³/mol. The molecule has 0 heterocycles. The first-order chi connectivity index (χ1) is 11.8. The third-order valence-electron chi connectivity index (χ3n) is 5.25. The van der Waals surface area contributed by atoms with E-state index in [1.54, 1.807) is 42.7 Å². The van der Waals surface area contributed by atoms with E-state index >= 15 is 0 Å². The summed E-state index contributed by atoms with van der Waals surface area (Å²) in [5.41, 5.74) is 0. The summed E-state index contributed by atoms with van der Waals surface area (Å²) < 4.78 is 33.3. The van der Waals surface area contributed by atoms with Gasteiger partial charge in [0.1, 0.15) is 0 Å². The van der Waals surface area contributed by atoms with Crippen LogP contribution in [0.25, 0.3) is 0 Å². The molecule has 0 aromatic rings. The van der Waals surface area contributed by atoms with E-state index in [4.69, 9.17) is 26.6 Å². The minimum atomic E-state index is -2.45. The molecule has 0 aliphatic carbocycles. The fourth-order valence-electron chi connectivity index (χ4n) is 3.55. The highest BCUT2D eigenvalue weighted by Crippen LogP contribution is 2.31. The summed E-state index contributed by atoms with van der Waals surface area (Å²) in [6.07, 6.45) is 3.45. The van der Waals surface area contributed by atoms with Gasteiger partial charge in [-0.3, -0.25) is 0 Å². The molecule has 0 amide bonds. The van der Waals surface area contributed by atoms with Crippen molar-refractivity contribution in [3.8, 4) is 0 Å². The molecule has 0 spiro atoms. The van der Waals surface area contributed by atoms with E-state index in [0.717, 1.165) is 24.9 Å². The molecular weight excluding hydrogens is 372 g/mol. The van der Waals surface area contributed by atoms with E-state index < -0.39 is 25.7 Å². The van der Waals surface area contributed by atoms with Gasteiger partial charge >= 0.3 is 17.6 Å². The molecule has 6 nitrogen and oxygen atoms in total. The van der Waals surface area contributed by atoms with Gasteiger partial charge in [0.05, 0.1) is 8.07 Å². The Bertz CT molecular complexity index is 295. The first-order valence-electron chi connectivity index (χ1n) is 9.15. The van der Waals surface area contributed by atoms with Crippen molar-refractivity contribution in [2.75, 3.05) is 42.7 Å². The standard InChI is InChI=1S/C16H40O6Si3/c1-9-12-23(8,13-10-15-24(17-2,18-3)19-4)14-11-16-25(20-5,21-6)22-7/h9-16H2,1-8H3. The molecule has 0 saturated heterocycles. The van der Waals surface area contributed by atoms with Crippen LogP contribution in [-0.4, -0.2) is 68.3 Å². The smallest absolute Gasteiger partial charge is 0.377 e. The van der Waals surface area contributed by atoms with Crippen LogP contribution < -0.4 is 0 Å². The summed E-state index contributed by atoms with van der Waals surface area (Å²) in [5.74, 6) is 0. The molecule has 0 N–H and O–H groups in total. The number of rotatable bonds is 16. The molecule has 0 aliphatic rings. The van der Waals surface area contributed by atoms with Crippen LogP contribution in [0, 0.1) is 0 Å². The summed E-state index contributed by atoms with van der Waals surface area (Å²) in [6, 6.07) is 5.65. The molecule has 0 atom stereocenters. The summed E-state index contributed by atoms with van der Waals surface area (Å²) in [7, 11) is 3.91. The van der Waals surface area contributed by atoms with Gasteiger partial charge in [-0.2, -0.15) is 0 Å². The van der Waals surface area contributed by atoms with Crippen molar-refractivity contribution in [2.24, 2.45) is 0 Å². The van der Waals surface area contributed by atoms with Gasteiger partial charge in [-0.15, -0.1) is 0 Å². The van der Waals surface area contributed by atoms with Crippen LogP contribution in [0.4, 0.5) is 0 Å². The van der Waals surface area contributed by atoms with Crippen LogP contribution in [-0.2, 0) is 26.6 Å². The summed E-state index contributed by atoms with van der Waals surface area (Å²) in [6.45, 7) is 4.80. The minimum Gasteiger partial charge on any atom is -0.377 e. The van der Waals surface area contributed by atoms with Crippen LogP contribution in [0.15, 0.2) is 0 Å². The highest BCUT2D eigenvalue weighted by Gasteiger charge is 2.40. The molecule has 152 valence electrons. The normalized spacial score (nSPS) is 13.4. The highest BCUT2D eigenvalue weighted by atomic mass is 28.4. The average molecular weight is 413 g/mol. The molecule has 0 rings (SSSR count). The second-order valence-corrected chi connectivity index (χ2v) is 18.2. The van der Waals surface area contributed by atoms with E-state index in [1.807, 2.05) is 0 Å². The number of hydrogen-bond donors (Lipinski definition) is 0. The van der Waals surface area contributed by atoms with Gasteiger partial charge in [0.25, 0.3) is 0 Å². The average Bonchev–Trinajstić information content (AvgIpc) is 2.63. The zero-order chi connectivity index (χ0) is 19.4. The largest absolute Gasteiger partial charge is 0.500 e. The maximum absolute atomic E-state index is 5.55. The van der Waals surface area contributed by atoms with E-state index in [-0.39, 0.29) is 0 Å². The summed E-state index contributed by atoms with van der Waals surface area (Å²) in [4.78, 5) is 0. The van der Waals surface area contributed by atoms with Crippen molar-refractivity contribution in [1.29, 1.82) is 0 Å². The monoisotopic (exact) mass is 412 g/mol. The second kappa shape index (κ2) is 12.7. The Morgan fingerprint density at radius 1 is 0.520 bits per heavy atom. The van der Waals surface area contributed by atoms with Gasteiger partial charge < -0.3 is 26.6 Å². The topological polar surface area (TPSA) is 55.4 Å². The Labute approximate surface area is 158 Å². The van der Waals surface area contributed by atoms with Gasteiger partial charge in [0, 0.05) is 54.7 Å². The van der Waals surface area contributed by atoms with Crippen molar-refractivity contribution < 1.29 is 26.6 Å². The summed E-state index contributed by atoms with van der Waals surface area (Å²) >= 11 is 0. The van der Waals surface area contributed by atoms with Crippen LogP contribution in [0.2, 0.25) is 36.8 Å². The lowest BCUT2D eigenvalue weighted by Gasteiger charge is -2.31. The third-order valence-corrected chi connectivity index (χ3v) is 15.7. The van der Waals surface area contributed by atoms with Gasteiger partial charge in [-0.1, -0.05) is 50.9 Å². The Morgan fingerprint density at radius 2 is 0.840 bits per heavy atom. The van der Waals surface area contributed by atoms with Crippen LogP contribution >= 0.6 is 0 Å². The van der Waals surface area contributed by atoms with Crippen LogP contribution in [0.1, 0.15) is 26.2 Å². The highest BCUT2D eigenvalue weighted by molar-refractivity contribution is 6.78. The Balaban J connectivity index is 4.63. The Kier molecular flexibility index (Phi) is 12.9. The van der Waals surface area contributed by atoms with E-state index in [9.17, 15) is 0 Å². The molecule has 0 aromatic heterocycles. The van der Waals surface area contributed by atoms with Crippen molar-refractivity contribution >= 4 is 25.7 Å². The molecule has 0 saturated carbocycles. The first kappa shape index (κ1) is 25.4. The lowest BCUT2D eigenvalue weighted by molar-refractivity contribution is 0.123. The molecule has 0 fully saturated rings. The fourth-order valence-corrected chi connectivity index (χ4v) is 11.7. The van der Waals surface area contributed by atoms with Crippen molar-refractivity contribution in [3.05, 3.63) is 0 Å². The van der Waals surface area contributed by atoms with Crippen molar-refractivity contribution in [3.63, 3.8) is 0 Å². The molecule has 0 aliphatic heterocycles. The minimum absolute atomic E-state index is 0.885. The van der Waals surface area contributed by atoms with Crippen molar-refractivity contribution in [1.82, 2.24) is 0 Å². The molecule has 9 heteroatoms. The first-order valence-corrected chi connectivity index (χ1v) is 16.1. The SMILES string of the molecule is CCC[Si](C)(CCC[Si](OC)(OC)OC)CCC[Si](OC)(OC)OC. The lowest BCUT2D eigenvalue weighted by Crippen LogP contribution is -2.44. The number of hydrogen-bond acceptors (Lipinski definition) is 6. The van der Waals surface area contributed by atoms with E-state index in [0.29, 0.717) is 0 Å². The maximum Gasteiger partial charge on any atom is 0.500 e. The zero-order valence-electron chi connectivity index (χ0n) is 17.6. The van der Waals surface area contributed by atoms with E-state index in [1.165, 1.54) is 24.6 Å². The molecule has 0 unspecified atom stereocenters. The van der Waals surface area contributed by atoms with Gasteiger partial charge in [-0.25, -0.2) is 0 Å². The third kappa shape index (κ3) is 8.31. The van der Waals surface area contributed by atoms with Crippen LogP contribution in [0.5, 0.6) is 0 Å². The molecule has 0 aromatic carbocycles. The molecule has 25 heavy (non-hydrogen) atoms. The Hall–Kier alpha value is 0.411. The van der Waals surface area contributed by atoms with Crippen molar-refractivity contribution in [2.45, 2.75) is 63.0 Å². The maximum atomic E-state index is 5.55. The zero-order valence-corrected chi connectivity index (χ0v) is 20.6. The lowest BCUT2D eigenvalue weighted by atomic mass is 10.5. The van der Waals surface area contributed by atoms with E-state index in [2.05, 4.69) is 13.5 Å². The van der Waals surface area contributed by atoms with Gasteiger partial charge in [0.15, 0.2) is 0 Å². The fraction of sp³-hybridized carbons (Fsp3) is 1.00. The van der Waals surface area contributed by atoms with Crippen LogP contribution in [0.3, 0.4) is 0 Å². The van der Waals surface area contributed by atoms with Gasteiger partial charge in [0.2, 0.25) is 0 Å².